The lowest BCUT2D eigenvalue weighted by molar-refractivity contribution is 0.0915. The molecule has 1 aromatic rings. The van der Waals surface area contributed by atoms with Gasteiger partial charge < -0.3 is 9.84 Å². The number of nitrogens with zero attached hydrogens (tertiary/aromatic N) is 2. The van der Waals surface area contributed by atoms with Gasteiger partial charge in [-0.2, -0.15) is 0 Å². The molecule has 1 N–H and O–H groups in total. The van der Waals surface area contributed by atoms with Crippen molar-refractivity contribution in [3.8, 4) is 0 Å². The molecule has 0 unspecified atom stereocenters. The molecule has 2 aliphatic rings. The van der Waals surface area contributed by atoms with E-state index in [4.69, 9.17) is 4.52 Å². The summed E-state index contributed by atoms with van der Waals surface area (Å²) in [5, 5.41) is 6.93. The van der Waals surface area contributed by atoms with Crippen molar-refractivity contribution < 1.29 is 9.32 Å². The molecule has 6 heteroatoms. The monoisotopic (exact) mass is 281 g/mol. The van der Waals surface area contributed by atoms with Gasteiger partial charge in [0.15, 0.2) is 5.69 Å². The Bertz CT molecular complexity index is 450. The van der Waals surface area contributed by atoms with E-state index in [2.05, 4.69) is 21.0 Å². The van der Waals surface area contributed by atoms with Crippen LogP contribution >= 0.6 is 11.9 Å². The zero-order valence-electron chi connectivity index (χ0n) is 11.1. The number of hydrogen-bond acceptors (Lipinski definition) is 5. The van der Waals surface area contributed by atoms with Gasteiger partial charge in [-0.25, -0.2) is 0 Å². The molecule has 104 valence electrons. The fourth-order valence-electron chi connectivity index (χ4n) is 2.40. The van der Waals surface area contributed by atoms with Crippen LogP contribution in [0.25, 0.3) is 0 Å². The van der Waals surface area contributed by atoms with Crippen molar-refractivity contribution in [1.29, 1.82) is 0 Å². The van der Waals surface area contributed by atoms with E-state index in [0.717, 1.165) is 44.5 Å². The summed E-state index contributed by atoms with van der Waals surface area (Å²) < 4.78 is 7.53. The van der Waals surface area contributed by atoms with Gasteiger partial charge in [0.25, 0.3) is 5.91 Å². The summed E-state index contributed by atoms with van der Waals surface area (Å²) in [5.74, 6) is 1.26. The fourth-order valence-corrected chi connectivity index (χ4v) is 2.97. The van der Waals surface area contributed by atoms with Gasteiger partial charge in [0, 0.05) is 31.1 Å². The lowest BCUT2D eigenvalue weighted by Gasteiger charge is -2.30. The maximum Gasteiger partial charge on any atom is 0.273 e. The van der Waals surface area contributed by atoms with Gasteiger partial charge in [0.1, 0.15) is 5.76 Å². The van der Waals surface area contributed by atoms with E-state index in [1.165, 1.54) is 0 Å². The largest absolute Gasteiger partial charge is 0.360 e. The first-order valence-electron chi connectivity index (χ1n) is 6.83. The van der Waals surface area contributed by atoms with E-state index >= 15 is 0 Å². The topological polar surface area (TPSA) is 58.4 Å². The molecule has 19 heavy (non-hydrogen) atoms. The SMILES string of the molecule is CSN1CCC(NC(=O)c2cc(C3CC3)on2)CC1. The molecule has 1 aromatic heterocycles. The van der Waals surface area contributed by atoms with E-state index in [1.54, 1.807) is 18.0 Å². The molecule has 1 amide bonds. The van der Waals surface area contributed by atoms with Gasteiger partial charge in [-0.1, -0.05) is 17.1 Å². The molecule has 1 saturated heterocycles. The van der Waals surface area contributed by atoms with Crippen LogP contribution in [0.2, 0.25) is 0 Å². The highest BCUT2D eigenvalue weighted by Gasteiger charge is 2.29. The second kappa shape index (κ2) is 5.54. The predicted octanol–water partition coefficient (Wildman–Crippen LogP) is 2.02. The first kappa shape index (κ1) is 13.0. The Kier molecular flexibility index (Phi) is 3.79. The molecule has 3 rings (SSSR count). The summed E-state index contributed by atoms with van der Waals surface area (Å²) in [4.78, 5) is 12.1. The Morgan fingerprint density at radius 3 is 2.79 bits per heavy atom. The van der Waals surface area contributed by atoms with Gasteiger partial charge in [-0.15, -0.1) is 0 Å². The molecule has 0 spiro atoms. The number of carbonyl (C=O) groups excluding carboxylic acids is 1. The summed E-state index contributed by atoms with van der Waals surface area (Å²) in [7, 11) is 0. The molecule has 2 heterocycles. The van der Waals surface area contributed by atoms with Crippen molar-refractivity contribution in [2.45, 2.75) is 37.6 Å². The number of carbonyl (C=O) groups is 1. The smallest absolute Gasteiger partial charge is 0.273 e. The molecule has 0 aromatic carbocycles. The summed E-state index contributed by atoms with van der Waals surface area (Å²) in [5.41, 5.74) is 0.425. The first-order chi connectivity index (χ1) is 9.26. The third-order valence-electron chi connectivity index (χ3n) is 3.79. The zero-order valence-corrected chi connectivity index (χ0v) is 11.9. The van der Waals surface area contributed by atoms with Crippen molar-refractivity contribution in [2.75, 3.05) is 19.3 Å². The molecular weight excluding hydrogens is 262 g/mol. The molecule has 0 radical (unpaired) electrons. The highest BCUT2D eigenvalue weighted by molar-refractivity contribution is 7.96. The molecule has 0 bridgehead atoms. The Labute approximate surface area is 117 Å². The normalized spacial score (nSPS) is 21.5. The van der Waals surface area contributed by atoms with Crippen LogP contribution in [-0.4, -0.2) is 40.8 Å². The van der Waals surface area contributed by atoms with E-state index in [9.17, 15) is 4.79 Å². The van der Waals surface area contributed by atoms with Crippen LogP contribution in [0.15, 0.2) is 10.6 Å². The predicted molar refractivity (Wildman–Crippen MR) is 74.1 cm³/mol. The van der Waals surface area contributed by atoms with Crippen LogP contribution in [-0.2, 0) is 0 Å². The van der Waals surface area contributed by atoms with Crippen molar-refractivity contribution in [2.24, 2.45) is 0 Å². The third-order valence-corrected chi connectivity index (χ3v) is 4.67. The van der Waals surface area contributed by atoms with Crippen LogP contribution in [0.3, 0.4) is 0 Å². The second-order valence-electron chi connectivity index (χ2n) is 5.25. The van der Waals surface area contributed by atoms with Crippen molar-refractivity contribution in [3.63, 3.8) is 0 Å². The van der Waals surface area contributed by atoms with Crippen LogP contribution in [0.1, 0.15) is 47.8 Å². The zero-order chi connectivity index (χ0) is 13.2. The number of rotatable bonds is 4. The maximum atomic E-state index is 12.1. The minimum absolute atomic E-state index is 0.0988. The van der Waals surface area contributed by atoms with Crippen LogP contribution in [0, 0.1) is 0 Å². The second-order valence-corrected chi connectivity index (χ2v) is 6.13. The van der Waals surface area contributed by atoms with Crippen molar-refractivity contribution >= 4 is 17.9 Å². The van der Waals surface area contributed by atoms with E-state index in [0.29, 0.717) is 11.6 Å². The number of piperidine rings is 1. The average molecular weight is 281 g/mol. The highest BCUT2D eigenvalue weighted by atomic mass is 32.2. The Balaban J connectivity index is 1.52. The van der Waals surface area contributed by atoms with Gasteiger partial charge in [-0.05, 0) is 31.9 Å². The summed E-state index contributed by atoms with van der Waals surface area (Å²) >= 11 is 1.77. The van der Waals surface area contributed by atoms with Gasteiger partial charge in [0.2, 0.25) is 0 Å². The number of nitrogens with one attached hydrogen (secondary N) is 1. The van der Waals surface area contributed by atoms with Gasteiger partial charge >= 0.3 is 0 Å². The van der Waals surface area contributed by atoms with Gasteiger partial charge in [0.05, 0.1) is 0 Å². The maximum absolute atomic E-state index is 12.1. The van der Waals surface area contributed by atoms with Crippen LogP contribution < -0.4 is 5.32 Å². The van der Waals surface area contributed by atoms with Crippen molar-refractivity contribution in [1.82, 2.24) is 14.8 Å². The quantitative estimate of drug-likeness (QED) is 0.856. The lowest BCUT2D eigenvalue weighted by atomic mass is 10.1. The Morgan fingerprint density at radius 1 is 1.42 bits per heavy atom. The molecule has 0 atom stereocenters. The summed E-state index contributed by atoms with van der Waals surface area (Å²) in [6.45, 7) is 2.05. The molecule has 5 nitrogen and oxygen atoms in total. The standard InChI is InChI=1S/C13H19N3O2S/c1-19-16-6-4-10(5-7-16)14-13(17)11-8-12(18-15-11)9-2-3-9/h8-10H,2-7H2,1H3,(H,14,17). The first-order valence-corrected chi connectivity index (χ1v) is 8.01. The van der Waals surface area contributed by atoms with E-state index < -0.39 is 0 Å². The Morgan fingerprint density at radius 2 is 2.16 bits per heavy atom. The minimum Gasteiger partial charge on any atom is -0.360 e. The minimum atomic E-state index is -0.0988. The number of amides is 1. The molecule has 1 aliphatic carbocycles. The number of aromatic nitrogens is 1. The van der Waals surface area contributed by atoms with E-state index in [-0.39, 0.29) is 11.9 Å². The van der Waals surface area contributed by atoms with Crippen molar-refractivity contribution in [3.05, 3.63) is 17.5 Å². The van der Waals surface area contributed by atoms with E-state index in [1.807, 2.05) is 0 Å². The molecule has 2 fully saturated rings. The molecular formula is C13H19N3O2S. The highest BCUT2D eigenvalue weighted by Crippen LogP contribution is 2.40. The fraction of sp³-hybridized carbons (Fsp3) is 0.692. The van der Waals surface area contributed by atoms with Crippen LogP contribution in [0.5, 0.6) is 0 Å². The number of hydrogen-bond donors (Lipinski definition) is 1. The molecule has 1 saturated carbocycles. The molecule has 1 aliphatic heterocycles. The summed E-state index contributed by atoms with van der Waals surface area (Å²) in [6, 6.07) is 2.06. The average Bonchev–Trinajstić information content (AvgIpc) is 3.17. The Hall–Kier alpha value is -1.01. The van der Waals surface area contributed by atoms with Gasteiger partial charge in [-0.3, -0.25) is 9.10 Å². The third kappa shape index (κ3) is 3.12. The summed E-state index contributed by atoms with van der Waals surface area (Å²) in [6.07, 6.45) is 6.40. The van der Waals surface area contributed by atoms with Crippen LogP contribution in [0.4, 0.5) is 0 Å². The lowest BCUT2D eigenvalue weighted by Crippen LogP contribution is -2.42.